The smallest absolute Gasteiger partial charge is 0.238 e. The number of aryl methyl sites for hydroxylation is 2. The molecule has 0 bridgehead atoms. The number of nitrogens with one attached hydrogen (secondary N) is 2. The first-order valence-electron chi connectivity index (χ1n) is 7.39. The number of nitrogens with zero attached hydrogens (tertiary/aromatic N) is 3. The molecule has 0 aromatic carbocycles. The molecule has 0 radical (unpaired) electrons. The van der Waals surface area contributed by atoms with Gasteiger partial charge in [-0.25, -0.2) is 0 Å². The Labute approximate surface area is 120 Å². The van der Waals surface area contributed by atoms with Crippen LogP contribution in [0.1, 0.15) is 25.1 Å². The van der Waals surface area contributed by atoms with E-state index < -0.39 is 0 Å². The number of aromatic nitrogens is 2. The minimum Gasteiger partial charge on any atom is -0.355 e. The van der Waals surface area contributed by atoms with E-state index in [2.05, 4.69) is 33.8 Å². The summed E-state index contributed by atoms with van der Waals surface area (Å²) < 4.78 is 1.86. The molecule has 1 aliphatic rings. The van der Waals surface area contributed by atoms with Crippen molar-refractivity contribution in [2.24, 2.45) is 7.05 Å². The summed E-state index contributed by atoms with van der Waals surface area (Å²) in [6.07, 6.45) is 2.99. The number of rotatable bonds is 5. The summed E-state index contributed by atoms with van der Waals surface area (Å²) in [5, 5.41) is 10.7. The van der Waals surface area contributed by atoms with E-state index in [1.165, 1.54) is 5.56 Å². The fourth-order valence-corrected chi connectivity index (χ4v) is 2.72. The first kappa shape index (κ1) is 15.0. The van der Waals surface area contributed by atoms with Crippen molar-refractivity contribution >= 4 is 5.91 Å². The van der Waals surface area contributed by atoms with Gasteiger partial charge in [-0.1, -0.05) is 6.92 Å². The van der Waals surface area contributed by atoms with Crippen LogP contribution in [0.15, 0.2) is 6.20 Å². The van der Waals surface area contributed by atoms with Gasteiger partial charge in [0, 0.05) is 51.5 Å². The number of hydrogen-bond acceptors (Lipinski definition) is 4. The average Bonchev–Trinajstić information content (AvgIpc) is 2.79. The number of amides is 1. The Balaban J connectivity index is 2.10. The summed E-state index contributed by atoms with van der Waals surface area (Å²) in [5.41, 5.74) is 2.35. The third-order valence-corrected chi connectivity index (χ3v) is 3.71. The SMILES string of the molecule is CCNC(=O)C1CNCCN1Cc1cn(C)nc1CC. The second-order valence-corrected chi connectivity index (χ2v) is 5.21. The molecule has 1 fully saturated rings. The molecule has 6 nitrogen and oxygen atoms in total. The van der Waals surface area contributed by atoms with Gasteiger partial charge < -0.3 is 10.6 Å². The van der Waals surface area contributed by atoms with Crippen LogP contribution < -0.4 is 10.6 Å². The van der Waals surface area contributed by atoms with E-state index in [0.29, 0.717) is 13.1 Å². The summed E-state index contributed by atoms with van der Waals surface area (Å²) in [6.45, 7) is 8.07. The van der Waals surface area contributed by atoms with Crippen LogP contribution in [0.4, 0.5) is 0 Å². The predicted octanol–water partition coefficient (Wildman–Crippen LogP) is -0.108. The largest absolute Gasteiger partial charge is 0.355 e. The zero-order valence-electron chi connectivity index (χ0n) is 12.6. The maximum Gasteiger partial charge on any atom is 0.238 e. The molecule has 2 N–H and O–H groups in total. The Morgan fingerprint density at radius 3 is 3.05 bits per heavy atom. The highest BCUT2D eigenvalue weighted by molar-refractivity contribution is 5.82. The highest BCUT2D eigenvalue weighted by Crippen LogP contribution is 2.14. The molecule has 0 spiro atoms. The molecule has 2 heterocycles. The van der Waals surface area contributed by atoms with Crippen molar-refractivity contribution < 1.29 is 4.79 Å². The quantitative estimate of drug-likeness (QED) is 0.790. The molecular weight excluding hydrogens is 254 g/mol. The van der Waals surface area contributed by atoms with Crippen LogP contribution in [0.5, 0.6) is 0 Å². The molecule has 20 heavy (non-hydrogen) atoms. The van der Waals surface area contributed by atoms with Crippen molar-refractivity contribution in [2.75, 3.05) is 26.2 Å². The summed E-state index contributed by atoms with van der Waals surface area (Å²) in [7, 11) is 1.95. The molecule has 0 aliphatic carbocycles. The number of hydrogen-bond donors (Lipinski definition) is 2. The molecule has 1 unspecified atom stereocenters. The van der Waals surface area contributed by atoms with Crippen LogP contribution in [0.25, 0.3) is 0 Å². The second kappa shape index (κ2) is 6.85. The van der Waals surface area contributed by atoms with Crippen LogP contribution in [-0.4, -0.2) is 52.8 Å². The molecule has 1 amide bonds. The summed E-state index contributed by atoms with van der Waals surface area (Å²) in [6, 6.07) is -0.0892. The zero-order chi connectivity index (χ0) is 14.5. The van der Waals surface area contributed by atoms with Gasteiger partial charge in [0.15, 0.2) is 0 Å². The van der Waals surface area contributed by atoms with E-state index in [0.717, 1.165) is 31.7 Å². The van der Waals surface area contributed by atoms with E-state index in [1.807, 2.05) is 18.7 Å². The lowest BCUT2D eigenvalue weighted by Crippen LogP contribution is -2.57. The third-order valence-electron chi connectivity index (χ3n) is 3.71. The Bertz CT molecular complexity index is 456. The van der Waals surface area contributed by atoms with E-state index in [1.54, 1.807) is 0 Å². The summed E-state index contributed by atoms with van der Waals surface area (Å²) >= 11 is 0. The maximum absolute atomic E-state index is 12.1. The lowest BCUT2D eigenvalue weighted by Gasteiger charge is -2.35. The van der Waals surface area contributed by atoms with Gasteiger partial charge in [0.05, 0.1) is 5.69 Å². The monoisotopic (exact) mass is 279 g/mol. The standard InChI is InChI=1S/C14H25N5O/c1-4-12-11(9-18(3)17-12)10-19-7-6-15-8-13(19)14(20)16-5-2/h9,13,15H,4-8,10H2,1-3H3,(H,16,20). The fourth-order valence-electron chi connectivity index (χ4n) is 2.72. The topological polar surface area (TPSA) is 62.2 Å². The van der Waals surface area contributed by atoms with Gasteiger partial charge in [0.2, 0.25) is 5.91 Å². The van der Waals surface area contributed by atoms with Crippen LogP contribution in [0.2, 0.25) is 0 Å². The third kappa shape index (κ3) is 3.37. The lowest BCUT2D eigenvalue weighted by molar-refractivity contribution is -0.127. The van der Waals surface area contributed by atoms with Crippen molar-refractivity contribution in [1.82, 2.24) is 25.3 Å². The fraction of sp³-hybridized carbons (Fsp3) is 0.714. The summed E-state index contributed by atoms with van der Waals surface area (Å²) in [4.78, 5) is 14.4. The highest BCUT2D eigenvalue weighted by Gasteiger charge is 2.28. The van der Waals surface area contributed by atoms with Crippen molar-refractivity contribution in [3.05, 3.63) is 17.5 Å². The Hall–Kier alpha value is -1.40. The molecule has 1 aromatic heterocycles. The van der Waals surface area contributed by atoms with E-state index in [4.69, 9.17) is 0 Å². The van der Waals surface area contributed by atoms with Gasteiger partial charge in [-0.15, -0.1) is 0 Å². The molecule has 0 saturated carbocycles. The van der Waals surface area contributed by atoms with Crippen molar-refractivity contribution in [2.45, 2.75) is 32.9 Å². The maximum atomic E-state index is 12.1. The number of piperazine rings is 1. The molecule has 1 saturated heterocycles. The number of carbonyl (C=O) groups is 1. The van der Waals surface area contributed by atoms with Crippen molar-refractivity contribution in [3.8, 4) is 0 Å². The molecular formula is C14H25N5O. The van der Waals surface area contributed by atoms with Gasteiger partial charge >= 0.3 is 0 Å². The Morgan fingerprint density at radius 1 is 1.55 bits per heavy atom. The molecule has 1 atom stereocenters. The normalized spacial score (nSPS) is 20.1. The van der Waals surface area contributed by atoms with Crippen LogP contribution >= 0.6 is 0 Å². The Morgan fingerprint density at radius 2 is 2.35 bits per heavy atom. The minimum atomic E-state index is -0.0892. The lowest BCUT2D eigenvalue weighted by atomic mass is 10.1. The average molecular weight is 279 g/mol. The number of carbonyl (C=O) groups excluding carboxylic acids is 1. The summed E-state index contributed by atoms with van der Waals surface area (Å²) in [5.74, 6) is 0.113. The van der Waals surface area contributed by atoms with Crippen LogP contribution in [0.3, 0.4) is 0 Å². The molecule has 6 heteroatoms. The van der Waals surface area contributed by atoms with Crippen LogP contribution in [-0.2, 0) is 24.8 Å². The van der Waals surface area contributed by atoms with Crippen molar-refractivity contribution in [3.63, 3.8) is 0 Å². The predicted molar refractivity (Wildman–Crippen MR) is 78.3 cm³/mol. The van der Waals surface area contributed by atoms with Gasteiger partial charge in [0.1, 0.15) is 6.04 Å². The highest BCUT2D eigenvalue weighted by atomic mass is 16.2. The molecule has 1 aliphatic heterocycles. The van der Waals surface area contributed by atoms with Gasteiger partial charge in [-0.3, -0.25) is 14.4 Å². The van der Waals surface area contributed by atoms with Gasteiger partial charge in [-0.05, 0) is 13.3 Å². The first-order valence-corrected chi connectivity index (χ1v) is 7.39. The number of likely N-dealkylation sites (N-methyl/N-ethyl adjacent to an activating group) is 1. The second-order valence-electron chi connectivity index (χ2n) is 5.21. The first-order chi connectivity index (χ1) is 9.65. The molecule has 1 aromatic rings. The van der Waals surface area contributed by atoms with Crippen LogP contribution in [0, 0.1) is 0 Å². The van der Waals surface area contributed by atoms with E-state index in [9.17, 15) is 4.79 Å². The van der Waals surface area contributed by atoms with Gasteiger partial charge in [-0.2, -0.15) is 5.10 Å². The van der Waals surface area contributed by atoms with Crippen molar-refractivity contribution in [1.29, 1.82) is 0 Å². The molecule has 112 valence electrons. The Kier molecular flexibility index (Phi) is 5.14. The van der Waals surface area contributed by atoms with E-state index in [-0.39, 0.29) is 11.9 Å². The zero-order valence-corrected chi connectivity index (χ0v) is 12.6. The van der Waals surface area contributed by atoms with E-state index >= 15 is 0 Å². The van der Waals surface area contributed by atoms with Gasteiger partial charge in [0.25, 0.3) is 0 Å². The molecule has 2 rings (SSSR count). The minimum absolute atomic E-state index is 0.0892.